The molecule has 0 aliphatic heterocycles. The second kappa shape index (κ2) is 9.42. The van der Waals surface area contributed by atoms with Crippen LogP contribution in [0.2, 0.25) is 0 Å². The molecule has 190 valence electrons. The van der Waals surface area contributed by atoms with Crippen LogP contribution in [-0.2, 0) is 13.0 Å². The Morgan fingerprint density at radius 1 is 1.13 bits per heavy atom. The van der Waals surface area contributed by atoms with E-state index in [1.165, 1.54) is 16.8 Å². The molecule has 2 aromatic carbocycles. The van der Waals surface area contributed by atoms with Crippen molar-refractivity contribution in [3.8, 4) is 11.4 Å². The fourth-order valence-corrected chi connectivity index (χ4v) is 4.57. The number of benzene rings is 2. The van der Waals surface area contributed by atoms with Gasteiger partial charge < -0.3 is 10.6 Å². The van der Waals surface area contributed by atoms with E-state index >= 15 is 0 Å². The van der Waals surface area contributed by atoms with Crippen molar-refractivity contribution in [1.82, 2.24) is 50.8 Å². The maximum Gasteiger partial charge on any atom is 0.289 e. The average molecular weight is 513 g/mol. The molecule has 0 unspecified atom stereocenters. The molecule has 5 aromatic rings. The number of aromatic nitrogens is 8. The summed E-state index contributed by atoms with van der Waals surface area (Å²) in [5.74, 6) is -1.09. The third-order valence-electron chi connectivity index (χ3n) is 6.47. The summed E-state index contributed by atoms with van der Waals surface area (Å²) in [6, 6.07) is 11.8. The molecule has 3 heterocycles. The Balaban J connectivity index is 1.21. The van der Waals surface area contributed by atoms with Crippen molar-refractivity contribution in [2.24, 2.45) is 0 Å². The summed E-state index contributed by atoms with van der Waals surface area (Å²) in [5, 5.41) is 23.9. The SMILES string of the molecule is Cc1cc(CNC(=O)c2nc(C(=O)N[C@H]3CCc4cc(-c5nn[nH]n5)ccc43)nc3ccnn23)ccc1F. The van der Waals surface area contributed by atoms with Crippen molar-refractivity contribution < 1.29 is 14.0 Å². The monoisotopic (exact) mass is 512 g/mol. The molecule has 0 fully saturated rings. The summed E-state index contributed by atoms with van der Waals surface area (Å²) in [7, 11) is 0. The van der Waals surface area contributed by atoms with Gasteiger partial charge in [-0.2, -0.15) is 19.8 Å². The summed E-state index contributed by atoms with van der Waals surface area (Å²) >= 11 is 0. The van der Waals surface area contributed by atoms with Gasteiger partial charge in [0.2, 0.25) is 17.5 Å². The number of carbonyl (C=O) groups is 2. The van der Waals surface area contributed by atoms with Crippen LogP contribution >= 0.6 is 0 Å². The second-order valence-corrected chi connectivity index (χ2v) is 8.95. The molecule has 0 spiro atoms. The van der Waals surface area contributed by atoms with Crippen LogP contribution in [-0.4, -0.2) is 52.0 Å². The Hall–Kier alpha value is -5.07. The first-order valence-electron chi connectivity index (χ1n) is 11.9. The second-order valence-electron chi connectivity index (χ2n) is 8.95. The van der Waals surface area contributed by atoms with Gasteiger partial charge in [-0.15, -0.1) is 10.2 Å². The van der Waals surface area contributed by atoms with E-state index in [0.29, 0.717) is 23.5 Å². The van der Waals surface area contributed by atoms with Gasteiger partial charge in [0, 0.05) is 18.2 Å². The van der Waals surface area contributed by atoms with Crippen LogP contribution in [0.4, 0.5) is 4.39 Å². The van der Waals surface area contributed by atoms with Crippen molar-refractivity contribution in [3.63, 3.8) is 0 Å². The number of rotatable bonds is 6. The number of carbonyl (C=O) groups excluding carboxylic acids is 2. The van der Waals surface area contributed by atoms with Crippen LogP contribution < -0.4 is 10.6 Å². The van der Waals surface area contributed by atoms with Gasteiger partial charge in [-0.25, -0.2) is 9.37 Å². The largest absolute Gasteiger partial charge is 0.345 e. The first-order chi connectivity index (χ1) is 18.5. The molecular formula is C25H21FN10O2. The van der Waals surface area contributed by atoms with E-state index < -0.39 is 11.8 Å². The zero-order valence-corrected chi connectivity index (χ0v) is 20.1. The normalized spacial score (nSPS) is 14.4. The van der Waals surface area contributed by atoms with E-state index in [4.69, 9.17) is 0 Å². The number of aryl methyl sites for hydroxylation is 2. The zero-order valence-electron chi connectivity index (χ0n) is 20.1. The molecule has 1 aliphatic rings. The topological polar surface area (TPSA) is 156 Å². The molecule has 0 radical (unpaired) electrons. The highest BCUT2D eigenvalue weighted by atomic mass is 19.1. The minimum Gasteiger partial charge on any atom is -0.345 e. The van der Waals surface area contributed by atoms with Gasteiger partial charge in [0.15, 0.2) is 5.65 Å². The van der Waals surface area contributed by atoms with E-state index in [-0.39, 0.29) is 30.1 Å². The number of H-pyrrole nitrogens is 1. The minimum atomic E-state index is -0.544. The number of amides is 2. The van der Waals surface area contributed by atoms with Crippen LogP contribution in [0, 0.1) is 12.7 Å². The standard InChI is InChI=1S/C25H21FN10O2/c1-13-10-14(2-6-18(13)26)12-27-25(38)23-31-22(30-20-8-9-28-36(20)23)24(37)29-19-7-4-15-11-16(3-5-17(15)19)21-32-34-35-33-21/h2-3,5-6,8-11,19H,4,7,12H2,1H3,(H,27,38)(H,29,37)(H,32,33,34,35)/t19-/m0/s1. The first kappa shape index (κ1) is 23.3. The molecule has 3 aromatic heterocycles. The van der Waals surface area contributed by atoms with Crippen LogP contribution in [0.1, 0.15) is 56.0 Å². The van der Waals surface area contributed by atoms with Crippen LogP contribution in [0.15, 0.2) is 48.7 Å². The van der Waals surface area contributed by atoms with Gasteiger partial charge in [-0.1, -0.05) is 24.3 Å². The van der Waals surface area contributed by atoms with Crippen LogP contribution in [0.5, 0.6) is 0 Å². The molecule has 1 atom stereocenters. The summed E-state index contributed by atoms with van der Waals surface area (Å²) in [4.78, 5) is 34.7. The van der Waals surface area contributed by atoms with Gasteiger partial charge in [-0.3, -0.25) is 9.59 Å². The number of hydrogen-bond acceptors (Lipinski definition) is 8. The van der Waals surface area contributed by atoms with E-state index in [1.807, 2.05) is 18.2 Å². The van der Waals surface area contributed by atoms with E-state index in [1.54, 1.807) is 25.1 Å². The predicted molar refractivity (Wildman–Crippen MR) is 131 cm³/mol. The van der Waals surface area contributed by atoms with Crippen molar-refractivity contribution >= 4 is 17.5 Å². The summed E-state index contributed by atoms with van der Waals surface area (Å²) in [6.45, 7) is 1.80. The molecular weight excluding hydrogens is 491 g/mol. The molecule has 0 saturated carbocycles. The maximum absolute atomic E-state index is 13.6. The lowest BCUT2D eigenvalue weighted by molar-refractivity contribution is 0.0922. The molecule has 2 amide bonds. The van der Waals surface area contributed by atoms with E-state index in [0.717, 1.165) is 28.7 Å². The van der Waals surface area contributed by atoms with Gasteiger partial charge in [0.05, 0.1) is 12.2 Å². The average Bonchev–Trinajstić information content (AvgIpc) is 3.69. The van der Waals surface area contributed by atoms with Crippen LogP contribution in [0.3, 0.4) is 0 Å². The lowest BCUT2D eigenvalue weighted by Gasteiger charge is -2.14. The number of nitrogens with zero attached hydrogens (tertiary/aromatic N) is 7. The van der Waals surface area contributed by atoms with Crippen LogP contribution in [0.25, 0.3) is 17.0 Å². The molecule has 12 nitrogen and oxygen atoms in total. The minimum absolute atomic E-state index is 0.0828. The molecule has 3 N–H and O–H groups in total. The smallest absolute Gasteiger partial charge is 0.289 e. The maximum atomic E-state index is 13.6. The number of fused-ring (bicyclic) bond motifs is 2. The Morgan fingerprint density at radius 3 is 2.84 bits per heavy atom. The molecule has 38 heavy (non-hydrogen) atoms. The van der Waals surface area contributed by atoms with Gasteiger partial charge in [-0.05, 0) is 59.4 Å². The Kier molecular flexibility index (Phi) is 5.79. The Bertz CT molecular complexity index is 1680. The highest BCUT2D eigenvalue weighted by Crippen LogP contribution is 2.33. The van der Waals surface area contributed by atoms with E-state index in [2.05, 4.69) is 46.3 Å². The molecule has 0 saturated heterocycles. The van der Waals surface area contributed by atoms with Crippen molar-refractivity contribution in [3.05, 3.63) is 88.4 Å². The van der Waals surface area contributed by atoms with Gasteiger partial charge in [0.1, 0.15) is 5.82 Å². The highest BCUT2D eigenvalue weighted by molar-refractivity contribution is 5.95. The lowest BCUT2D eigenvalue weighted by Crippen LogP contribution is -2.32. The lowest BCUT2D eigenvalue weighted by atomic mass is 10.0. The van der Waals surface area contributed by atoms with Crippen molar-refractivity contribution in [2.75, 3.05) is 0 Å². The summed E-state index contributed by atoms with van der Waals surface area (Å²) in [6.07, 6.45) is 2.95. The number of halogens is 1. The highest BCUT2D eigenvalue weighted by Gasteiger charge is 2.27. The van der Waals surface area contributed by atoms with Crippen molar-refractivity contribution in [1.29, 1.82) is 0 Å². The number of nitrogens with one attached hydrogen (secondary N) is 3. The van der Waals surface area contributed by atoms with E-state index in [9.17, 15) is 14.0 Å². The fourth-order valence-electron chi connectivity index (χ4n) is 4.57. The zero-order chi connectivity index (χ0) is 26.2. The third kappa shape index (κ3) is 4.34. The Labute approximate surface area is 214 Å². The predicted octanol–water partition coefficient (Wildman–Crippen LogP) is 2.10. The molecule has 6 rings (SSSR count). The molecule has 0 bridgehead atoms. The first-order valence-corrected chi connectivity index (χ1v) is 11.9. The summed E-state index contributed by atoms with van der Waals surface area (Å²) in [5.41, 5.74) is 4.43. The third-order valence-corrected chi connectivity index (χ3v) is 6.47. The number of tetrazole rings is 1. The fraction of sp³-hybridized carbons (Fsp3) is 0.200. The molecule has 13 heteroatoms. The molecule has 1 aliphatic carbocycles. The number of hydrogen-bond donors (Lipinski definition) is 3. The van der Waals surface area contributed by atoms with Gasteiger partial charge >= 0.3 is 0 Å². The van der Waals surface area contributed by atoms with Gasteiger partial charge in [0.25, 0.3) is 11.8 Å². The quantitative estimate of drug-likeness (QED) is 0.312. The summed E-state index contributed by atoms with van der Waals surface area (Å²) < 4.78 is 14.8. The Morgan fingerprint density at radius 2 is 2.03 bits per heavy atom. The van der Waals surface area contributed by atoms with Crippen molar-refractivity contribution in [2.45, 2.75) is 32.4 Å². The number of aromatic amines is 1.